The van der Waals surface area contributed by atoms with Gasteiger partial charge in [-0.3, -0.25) is 0 Å². The van der Waals surface area contributed by atoms with Gasteiger partial charge in [0.05, 0.1) is 0 Å². The Bertz CT molecular complexity index is 86.7. The lowest BCUT2D eigenvalue weighted by Crippen LogP contribution is -2.24. The first-order valence-corrected chi connectivity index (χ1v) is 3.79. The summed E-state index contributed by atoms with van der Waals surface area (Å²) in [5.41, 5.74) is -0.841. The fraction of sp³-hybridized carbons (Fsp3) is 1.00. The molecule has 54 valence electrons. The first-order valence-electron chi connectivity index (χ1n) is 3.79. The molecule has 0 bridgehead atoms. The van der Waals surface area contributed by atoms with E-state index in [0.29, 0.717) is 0 Å². The highest BCUT2D eigenvalue weighted by Gasteiger charge is 2.28. The summed E-state index contributed by atoms with van der Waals surface area (Å²) in [5.74, 6) is 0.758. The molecule has 1 fully saturated rings. The summed E-state index contributed by atoms with van der Waals surface area (Å²) in [7, 11) is 0. The Hall–Kier alpha value is -0.0700. The summed E-state index contributed by atoms with van der Waals surface area (Å²) in [4.78, 5) is 0. The standard InChI is InChI=1S/C8H15F/c1-7-3-5-8(2,9)6-4-7/h7H,3-6H2,1-2H3. The van der Waals surface area contributed by atoms with Gasteiger partial charge in [0.25, 0.3) is 0 Å². The van der Waals surface area contributed by atoms with E-state index in [1.165, 1.54) is 0 Å². The maximum absolute atomic E-state index is 13.0. The van der Waals surface area contributed by atoms with Crippen molar-refractivity contribution in [2.45, 2.75) is 45.2 Å². The number of hydrogen-bond donors (Lipinski definition) is 0. The van der Waals surface area contributed by atoms with Crippen LogP contribution in [0.1, 0.15) is 39.5 Å². The predicted molar refractivity (Wildman–Crippen MR) is 37.1 cm³/mol. The Morgan fingerprint density at radius 2 is 1.78 bits per heavy atom. The maximum atomic E-state index is 13.0. The van der Waals surface area contributed by atoms with Gasteiger partial charge in [-0.05, 0) is 38.5 Å². The van der Waals surface area contributed by atoms with Crippen molar-refractivity contribution >= 4 is 0 Å². The molecule has 9 heavy (non-hydrogen) atoms. The normalized spacial score (nSPS) is 45.0. The molecule has 0 atom stereocenters. The minimum Gasteiger partial charge on any atom is -0.244 e. The number of rotatable bonds is 0. The summed E-state index contributed by atoms with van der Waals surface area (Å²) in [5, 5.41) is 0. The van der Waals surface area contributed by atoms with Crippen LogP contribution >= 0.6 is 0 Å². The molecule has 0 saturated heterocycles. The van der Waals surface area contributed by atoms with Crippen molar-refractivity contribution in [1.29, 1.82) is 0 Å². The highest BCUT2D eigenvalue weighted by Crippen LogP contribution is 2.33. The van der Waals surface area contributed by atoms with E-state index in [1.54, 1.807) is 6.92 Å². The minimum atomic E-state index is -0.841. The van der Waals surface area contributed by atoms with Crippen molar-refractivity contribution in [2.24, 2.45) is 5.92 Å². The SMILES string of the molecule is CC1CCC(C)(F)CC1. The predicted octanol–water partition coefficient (Wildman–Crippen LogP) is 2.92. The molecule has 0 nitrogen and oxygen atoms in total. The zero-order chi connectivity index (χ0) is 6.91. The van der Waals surface area contributed by atoms with Crippen molar-refractivity contribution in [3.63, 3.8) is 0 Å². The molecule has 1 aliphatic rings. The van der Waals surface area contributed by atoms with Crippen molar-refractivity contribution in [3.8, 4) is 0 Å². The average molecular weight is 130 g/mol. The van der Waals surface area contributed by atoms with E-state index in [1.807, 2.05) is 0 Å². The second-order valence-corrected chi connectivity index (χ2v) is 3.60. The molecule has 0 spiro atoms. The molecule has 1 saturated carbocycles. The van der Waals surface area contributed by atoms with E-state index in [2.05, 4.69) is 6.92 Å². The number of alkyl halides is 1. The molecule has 0 N–H and O–H groups in total. The second-order valence-electron chi connectivity index (χ2n) is 3.60. The third kappa shape index (κ3) is 1.96. The lowest BCUT2D eigenvalue weighted by molar-refractivity contribution is 0.108. The maximum Gasteiger partial charge on any atom is 0.108 e. The zero-order valence-corrected chi connectivity index (χ0v) is 6.28. The van der Waals surface area contributed by atoms with Gasteiger partial charge < -0.3 is 0 Å². The van der Waals surface area contributed by atoms with E-state index in [0.717, 1.165) is 31.6 Å². The lowest BCUT2D eigenvalue weighted by Gasteiger charge is -2.28. The summed E-state index contributed by atoms with van der Waals surface area (Å²) >= 11 is 0. The van der Waals surface area contributed by atoms with Crippen LogP contribution in [0.2, 0.25) is 0 Å². The van der Waals surface area contributed by atoms with Gasteiger partial charge in [0.15, 0.2) is 0 Å². The van der Waals surface area contributed by atoms with Gasteiger partial charge in [-0.1, -0.05) is 6.92 Å². The Balaban J connectivity index is 2.35. The highest BCUT2D eigenvalue weighted by atomic mass is 19.1. The lowest BCUT2D eigenvalue weighted by atomic mass is 9.82. The molecule has 0 aromatic heterocycles. The third-order valence-corrected chi connectivity index (χ3v) is 2.32. The molecule has 0 aromatic carbocycles. The van der Waals surface area contributed by atoms with Crippen molar-refractivity contribution < 1.29 is 4.39 Å². The topological polar surface area (TPSA) is 0 Å². The van der Waals surface area contributed by atoms with Crippen LogP contribution < -0.4 is 0 Å². The van der Waals surface area contributed by atoms with Gasteiger partial charge >= 0.3 is 0 Å². The van der Waals surface area contributed by atoms with Gasteiger partial charge in [0, 0.05) is 0 Å². The van der Waals surface area contributed by atoms with E-state index in [4.69, 9.17) is 0 Å². The molecular weight excluding hydrogens is 115 g/mol. The Morgan fingerprint density at radius 1 is 1.33 bits per heavy atom. The Kier molecular flexibility index (Phi) is 1.78. The van der Waals surface area contributed by atoms with Crippen LogP contribution in [-0.2, 0) is 0 Å². The number of hydrogen-bond acceptors (Lipinski definition) is 0. The van der Waals surface area contributed by atoms with E-state index >= 15 is 0 Å². The van der Waals surface area contributed by atoms with Gasteiger partial charge in [-0.25, -0.2) is 4.39 Å². The van der Waals surface area contributed by atoms with Crippen LogP contribution in [0.3, 0.4) is 0 Å². The van der Waals surface area contributed by atoms with Crippen LogP contribution in [0.25, 0.3) is 0 Å². The first-order chi connectivity index (χ1) is 4.10. The molecular formula is C8H15F. The van der Waals surface area contributed by atoms with Gasteiger partial charge in [0.1, 0.15) is 5.67 Å². The number of halogens is 1. The van der Waals surface area contributed by atoms with Crippen LogP contribution in [0, 0.1) is 5.92 Å². The first kappa shape index (κ1) is 7.04. The van der Waals surface area contributed by atoms with E-state index in [9.17, 15) is 4.39 Å². The molecule has 0 heterocycles. The Labute approximate surface area is 56.5 Å². The minimum absolute atomic E-state index is 0.758. The molecule has 0 amide bonds. The van der Waals surface area contributed by atoms with Crippen LogP contribution in [-0.4, -0.2) is 5.67 Å². The smallest absolute Gasteiger partial charge is 0.108 e. The van der Waals surface area contributed by atoms with Gasteiger partial charge in [-0.15, -0.1) is 0 Å². The fourth-order valence-corrected chi connectivity index (χ4v) is 1.36. The highest BCUT2D eigenvalue weighted by molar-refractivity contribution is 4.79. The van der Waals surface area contributed by atoms with Crippen molar-refractivity contribution in [2.75, 3.05) is 0 Å². The summed E-state index contributed by atoms with van der Waals surface area (Å²) in [6, 6.07) is 0. The van der Waals surface area contributed by atoms with Crippen LogP contribution in [0.4, 0.5) is 4.39 Å². The van der Waals surface area contributed by atoms with Crippen LogP contribution in [0.5, 0.6) is 0 Å². The van der Waals surface area contributed by atoms with Gasteiger partial charge in [-0.2, -0.15) is 0 Å². The van der Waals surface area contributed by atoms with Crippen molar-refractivity contribution in [1.82, 2.24) is 0 Å². The molecule has 0 aromatic rings. The molecule has 1 aliphatic carbocycles. The largest absolute Gasteiger partial charge is 0.244 e. The molecule has 0 radical (unpaired) electrons. The molecule has 0 aliphatic heterocycles. The summed E-state index contributed by atoms with van der Waals surface area (Å²) < 4.78 is 13.0. The average Bonchev–Trinajstić information content (AvgIpc) is 1.78. The monoisotopic (exact) mass is 130 g/mol. The second kappa shape index (κ2) is 2.28. The summed E-state index contributed by atoms with van der Waals surface area (Å²) in [6.45, 7) is 3.92. The van der Waals surface area contributed by atoms with Gasteiger partial charge in [0.2, 0.25) is 0 Å². The Morgan fingerprint density at radius 3 is 2.11 bits per heavy atom. The molecule has 1 heteroatoms. The van der Waals surface area contributed by atoms with E-state index in [-0.39, 0.29) is 0 Å². The fourth-order valence-electron chi connectivity index (χ4n) is 1.36. The quantitative estimate of drug-likeness (QED) is 0.473. The molecule has 1 rings (SSSR count). The summed E-state index contributed by atoms with van der Waals surface area (Å²) in [6.07, 6.45) is 3.70. The van der Waals surface area contributed by atoms with Crippen molar-refractivity contribution in [3.05, 3.63) is 0 Å². The third-order valence-electron chi connectivity index (χ3n) is 2.32. The zero-order valence-electron chi connectivity index (χ0n) is 6.28. The molecule has 0 unspecified atom stereocenters. The van der Waals surface area contributed by atoms with E-state index < -0.39 is 5.67 Å². The van der Waals surface area contributed by atoms with Crippen LogP contribution in [0.15, 0.2) is 0 Å².